The number of hydrogen-bond acceptors (Lipinski definition) is 5. The summed E-state index contributed by atoms with van der Waals surface area (Å²) in [6.45, 7) is 0.899. The average molecular weight is 497 g/mol. The molecule has 0 aliphatic carbocycles. The molecule has 1 aliphatic rings. The van der Waals surface area contributed by atoms with Gasteiger partial charge in [0, 0.05) is 65.0 Å². The molecule has 1 saturated heterocycles. The number of aliphatic hydroxyl groups is 1. The first-order valence-electron chi connectivity index (χ1n) is 10.2. The van der Waals surface area contributed by atoms with Crippen LogP contribution in [0.15, 0.2) is 58.8 Å². The lowest BCUT2D eigenvalue weighted by Crippen LogP contribution is -2.49. The Balaban J connectivity index is 1.67. The smallest absolute Gasteiger partial charge is 0.258 e. The number of nitrogens with one attached hydrogen (secondary N) is 1. The third-order valence-electron chi connectivity index (χ3n) is 5.21. The van der Waals surface area contributed by atoms with E-state index in [-0.39, 0.29) is 26.0 Å². The standard InChI is InChI=1S/C23H26ClFN2O3S2/c1-32(30)14-4-11-26-22(29)23(25)9-12-27(13-10-23)31-21-8-7-17(16-28)15-19(21)18-5-2-3-6-20(18)24/h2-8,14-15,28H,9-13,16H2,1H3,(H,26,29)/b14-4-. The summed E-state index contributed by atoms with van der Waals surface area (Å²) in [5, 5.41) is 14.2. The summed E-state index contributed by atoms with van der Waals surface area (Å²) in [7, 11) is -1.10. The first-order chi connectivity index (χ1) is 15.3. The fourth-order valence-corrected chi connectivity index (χ4v) is 5.08. The Morgan fingerprint density at radius 3 is 2.66 bits per heavy atom. The predicted octanol–water partition coefficient (Wildman–Crippen LogP) is 4.32. The summed E-state index contributed by atoms with van der Waals surface area (Å²) >= 11 is 7.91. The fourth-order valence-electron chi connectivity index (χ4n) is 3.44. The minimum Gasteiger partial charge on any atom is -0.392 e. The number of nitrogens with zero attached hydrogens (tertiary/aromatic N) is 1. The maximum atomic E-state index is 15.2. The molecule has 0 radical (unpaired) electrons. The lowest BCUT2D eigenvalue weighted by Gasteiger charge is -2.34. The van der Waals surface area contributed by atoms with Crippen molar-refractivity contribution in [2.45, 2.75) is 30.0 Å². The molecule has 1 amide bonds. The van der Waals surface area contributed by atoms with Crippen LogP contribution >= 0.6 is 23.5 Å². The molecule has 2 aromatic rings. The molecule has 172 valence electrons. The van der Waals surface area contributed by atoms with Gasteiger partial charge in [-0.1, -0.05) is 41.9 Å². The van der Waals surface area contributed by atoms with Crippen molar-refractivity contribution in [3.05, 3.63) is 64.5 Å². The highest BCUT2D eigenvalue weighted by atomic mass is 35.5. The minimum absolute atomic E-state index is 0.0745. The summed E-state index contributed by atoms with van der Waals surface area (Å²) in [5.41, 5.74) is 0.636. The normalized spacial score (nSPS) is 17.4. The van der Waals surface area contributed by atoms with Crippen LogP contribution < -0.4 is 5.32 Å². The van der Waals surface area contributed by atoms with E-state index >= 15 is 4.39 Å². The summed E-state index contributed by atoms with van der Waals surface area (Å²) < 4.78 is 28.2. The highest BCUT2D eigenvalue weighted by Crippen LogP contribution is 2.39. The highest BCUT2D eigenvalue weighted by Gasteiger charge is 2.41. The van der Waals surface area contributed by atoms with Crippen molar-refractivity contribution in [2.75, 3.05) is 25.9 Å². The lowest BCUT2D eigenvalue weighted by molar-refractivity contribution is -0.135. The molecule has 0 aromatic heterocycles. The number of carbonyl (C=O) groups is 1. The number of benzene rings is 2. The molecule has 1 unspecified atom stereocenters. The average Bonchev–Trinajstić information content (AvgIpc) is 2.78. The Labute approximate surface area is 199 Å². The molecule has 2 N–H and O–H groups in total. The molecular weight excluding hydrogens is 471 g/mol. The van der Waals surface area contributed by atoms with Crippen molar-refractivity contribution in [3.63, 3.8) is 0 Å². The monoisotopic (exact) mass is 496 g/mol. The van der Waals surface area contributed by atoms with E-state index in [1.807, 2.05) is 46.8 Å². The van der Waals surface area contributed by atoms with Gasteiger partial charge in [0.1, 0.15) is 0 Å². The van der Waals surface area contributed by atoms with Gasteiger partial charge in [-0.3, -0.25) is 9.00 Å². The van der Waals surface area contributed by atoms with Crippen molar-refractivity contribution in [3.8, 4) is 11.1 Å². The molecule has 0 saturated carbocycles. The second kappa shape index (κ2) is 11.4. The Kier molecular flexibility index (Phi) is 8.90. The zero-order chi connectivity index (χ0) is 23.1. The molecular formula is C23H26ClFN2O3S2. The van der Waals surface area contributed by atoms with E-state index in [2.05, 4.69) is 5.32 Å². The maximum Gasteiger partial charge on any atom is 0.258 e. The van der Waals surface area contributed by atoms with Gasteiger partial charge in [0.2, 0.25) is 0 Å². The van der Waals surface area contributed by atoms with Crippen molar-refractivity contribution >= 4 is 40.3 Å². The van der Waals surface area contributed by atoms with Gasteiger partial charge in [0.15, 0.2) is 5.67 Å². The zero-order valence-electron chi connectivity index (χ0n) is 17.7. The van der Waals surface area contributed by atoms with Crippen molar-refractivity contribution < 1.29 is 18.5 Å². The minimum atomic E-state index is -1.91. The van der Waals surface area contributed by atoms with E-state index in [0.29, 0.717) is 18.1 Å². The summed E-state index contributed by atoms with van der Waals surface area (Å²) in [6.07, 6.45) is 3.27. The van der Waals surface area contributed by atoms with Crippen LogP contribution in [0.2, 0.25) is 5.02 Å². The van der Waals surface area contributed by atoms with Crippen LogP contribution in [0.3, 0.4) is 0 Å². The lowest BCUT2D eigenvalue weighted by atomic mass is 9.93. The second-order valence-corrected chi connectivity index (χ2v) is 10.3. The van der Waals surface area contributed by atoms with E-state index in [1.54, 1.807) is 6.08 Å². The molecule has 0 spiro atoms. The first-order valence-corrected chi connectivity index (χ1v) is 13.0. The van der Waals surface area contributed by atoms with Gasteiger partial charge in [0.25, 0.3) is 5.91 Å². The van der Waals surface area contributed by atoms with Gasteiger partial charge in [-0.05, 0) is 46.7 Å². The quantitative estimate of drug-likeness (QED) is 0.533. The number of carbonyl (C=O) groups excluding carboxylic acids is 1. The SMILES string of the molecule is CS(=O)/C=C\CNC(=O)C1(F)CCN(Sc2ccc(CO)cc2-c2ccccc2Cl)CC1. The fraction of sp³-hybridized carbons (Fsp3) is 0.348. The molecule has 3 rings (SSSR count). The Morgan fingerprint density at radius 1 is 1.28 bits per heavy atom. The summed E-state index contributed by atoms with van der Waals surface area (Å²) in [6, 6.07) is 13.2. The molecule has 2 aromatic carbocycles. The molecule has 5 nitrogen and oxygen atoms in total. The Hall–Kier alpha value is -1.71. The van der Waals surface area contributed by atoms with Crippen LogP contribution in [0, 0.1) is 0 Å². The number of hydrogen-bond donors (Lipinski definition) is 2. The largest absolute Gasteiger partial charge is 0.392 e. The topological polar surface area (TPSA) is 69.6 Å². The van der Waals surface area contributed by atoms with Crippen LogP contribution in [-0.2, 0) is 22.2 Å². The molecule has 1 aliphatic heterocycles. The van der Waals surface area contributed by atoms with E-state index < -0.39 is 22.4 Å². The molecule has 0 bridgehead atoms. The number of aliphatic hydroxyl groups excluding tert-OH is 1. The predicted molar refractivity (Wildman–Crippen MR) is 130 cm³/mol. The number of amides is 1. The van der Waals surface area contributed by atoms with Gasteiger partial charge < -0.3 is 10.4 Å². The highest BCUT2D eigenvalue weighted by molar-refractivity contribution is 7.97. The molecule has 1 fully saturated rings. The van der Waals surface area contributed by atoms with Gasteiger partial charge in [0.05, 0.1) is 6.61 Å². The van der Waals surface area contributed by atoms with Gasteiger partial charge in [-0.15, -0.1) is 0 Å². The van der Waals surface area contributed by atoms with Crippen molar-refractivity contribution in [2.24, 2.45) is 0 Å². The molecule has 1 heterocycles. The van der Waals surface area contributed by atoms with Crippen LogP contribution in [0.4, 0.5) is 4.39 Å². The third kappa shape index (κ3) is 6.42. The first kappa shape index (κ1) is 24.9. The number of halogens is 2. The summed E-state index contributed by atoms with van der Waals surface area (Å²) in [4.78, 5) is 13.3. The van der Waals surface area contributed by atoms with Gasteiger partial charge in [-0.25, -0.2) is 8.70 Å². The molecule has 9 heteroatoms. The molecule has 1 atom stereocenters. The van der Waals surface area contributed by atoms with Crippen LogP contribution in [-0.4, -0.2) is 51.1 Å². The van der Waals surface area contributed by atoms with Crippen LogP contribution in [0.5, 0.6) is 0 Å². The van der Waals surface area contributed by atoms with E-state index in [9.17, 15) is 14.1 Å². The van der Waals surface area contributed by atoms with Gasteiger partial charge >= 0.3 is 0 Å². The number of piperidine rings is 1. The van der Waals surface area contributed by atoms with E-state index in [4.69, 9.17) is 11.6 Å². The summed E-state index contributed by atoms with van der Waals surface area (Å²) in [5.74, 6) is -0.627. The number of rotatable bonds is 8. The van der Waals surface area contributed by atoms with Crippen LogP contribution in [0.1, 0.15) is 18.4 Å². The number of alkyl halides is 1. The van der Waals surface area contributed by atoms with Crippen molar-refractivity contribution in [1.29, 1.82) is 0 Å². The maximum absolute atomic E-state index is 15.2. The van der Waals surface area contributed by atoms with Gasteiger partial charge in [-0.2, -0.15) is 0 Å². The second-order valence-electron chi connectivity index (χ2n) is 7.53. The van der Waals surface area contributed by atoms with E-state index in [0.717, 1.165) is 21.6 Å². The van der Waals surface area contributed by atoms with Crippen LogP contribution in [0.25, 0.3) is 11.1 Å². The zero-order valence-corrected chi connectivity index (χ0v) is 20.1. The Morgan fingerprint density at radius 2 is 2.00 bits per heavy atom. The Bertz CT molecular complexity index is 1010. The molecule has 32 heavy (non-hydrogen) atoms. The van der Waals surface area contributed by atoms with E-state index in [1.165, 1.54) is 23.6 Å². The van der Waals surface area contributed by atoms with Crippen molar-refractivity contribution in [1.82, 2.24) is 9.62 Å². The third-order valence-corrected chi connectivity index (χ3v) is 7.29.